The van der Waals surface area contributed by atoms with Gasteiger partial charge in [0.25, 0.3) is 0 Å². The molecule has 0 aromatic carbocycles. The molecular weight excluding hydrogens is 548 g/mol. The van der Waals surface area contributed by atoms with Crippen molar-refractivity contribution in [2.24, 2.45) is 11.3 Å². The van der Waals surface area contributed by atoms with Crippen molar-refractivity contribution in [3.05, 3.63) is 46.9 Å². The van der Waals surface area contributed by atoms with Gasteiger partial charge >= 0.3 is 24.3 Å². The van der Waals surface area contributed by atoms with Crippen molar-refractivity contribution in [3.63, 3.8) is 0 Å². The van der Waals surface area contributed by atoms with E-state index in [9.17, 15) is 31.1 Å². The molecule has 0 unspecified atom stereocenters. The summed E-state index contributed by atoms with van der Waals surface area (Å²) >= 11 is 1.72. The molecular formula is C22H23F6N3O6S. The number of nitrogens with zero attached hydrogens (tertiary/aromatic N) is 2. The van der Waals surface area contributed by atoms with Gasteiger partial charge < -0.3 is 20.3 Å². The number of amides is 1. The minimum atomic E-state index is -5.08. The molecule has 2 aromatic rings. The van der Waals surface area contributed by atoms with Crippen molar-refractivity contribution in [1.82, 2.24) is 15.2 Å². The highest BCUT2D eigenvalue weighted by Gasteiger charge is 2.54. The SMILES string of the molecule is O=C(O)C(F)(F)F.O=C(O)C(F)(F)F.O=C1NC[C@@H](COc2cccnc2)[C@]12CCN(Cc1ccsc1)C2. The van der Waals surface area contributed by atoms with Gasteiger partial charge in [0.15, 0.2) is 0 Å². The second kappa shape index (κ2) is 12.9. The van der Waals surface area contributed by atoms with E-state index in [1.807, 2.05) is 12.1 Å². The van der Waals surface area contributed by atoms with Crippen LogP contribution in [0.3, 0.4) is 0 Å². The van der Waals surface area contributed by atoms with E-state index in [1.165, 1.54) is 5.56 Å². The van der Waals surface area contributed by atoms with E-state index in [0.29, 0.717) is 13.2 Å². The Morgan fingerprint density at radius 2 is 1.79 bits per heavy atom. The number of carbonyl (C=O) groups is 3. The van der Waals surface area contributed by atoms with Crippen LogP contribution in [-0.4, -0.2) is 76.5 Å². The molecule has 2 aliphatic rings. The van der Waals surface area contributed by atoms with Crippen LogP contribution in [0.1, 0.15) is 12.0 Å². The van der Waals surface area contributed by atoms with Crippen molar-refractivity contribution in [2.45, 2.75) is 25.3 Å². The summed E-state index contributed by atoms with van der Waals surface area (Å²) in [7, 11) is 0. The third kappa shape index (κ3) is 8.86. The molecule has 1 amide bonds. The highest BCUT2D eigenvalue weighted by Crippen LogP contribution is 2.42. The number of hydrogen-bond donors (Lipinski definition) is 3. The average molecular weight is 571 g/mol. The van der Waals surface area contributed by atoms with Crippen LogP contribution < -0.4 is 10.1 Å². The zero-order chi connectivity index (χ0) is 28.6. The van der Waals surface area contributed by atoms with Crippen molar-refractivity contribution < 1.29 is 55.7 Å². The number of carboxylic acids is 2. The minimum absolute atomic E-state index is 0.190. The quantitative estimate of drug-likeness (QED) is 0.466. The van der Waals surface area contributed by atoms with Crippen LogP contribution in [0.15, 0.2) is 41.4 Å². The van der Waals surface area contributed by atoms with Crippen LogP contribution in [-0.2, 0) is 20.9 Å². The van der Waals surface area contributed by atoms with E-state index >= 15 is 0 Å². The molecule has 210 valence electrons. The lowest BCUT2D eigenvalue weighted by Crippen LogP contribution is -2.40. The van der Waals surface area contributed by atoms with Crippen molar-refractivity contribution in [3.8, 4) is 5.75 Å². The van der Waals surface area contributed by atoms with Gasteiger partial charge in [-0.15, -0.1) is 0 Å². The van der Waals surface area contributed by atoms with Gasteiger partial charge in [-0.05, 0) is 47.5 Å². The first kappa shape index (κ1) is 30.8. The summed E-state index contributed by atoms with van der Waals surface area (Å²) in [6.45, 7) is 3.96. The van der Waals surface area contributed by atoms with Gasteiger partial charge in [-0.3, -0.25) is 14.7 Å². The summed E-state index contributed by atoms with van der Waals surface area (Å²) in [5.74, 6) is -4.35. The summed E-state index contributed by atoms with van der Waals surface area (Å²) in [6.07, 6.45) is -5.81. The van der Waals surface area contributed by atoms with Gasteiger partial charge in [0, 0.05) is 31.7 Å². The van der Waals surface area contributed by atoms with Crippen LogP contribution in [0.5, 0.6) is 5.75 Å². The minimum Gasteiger partial charge on any atom is -0.492 e. The van der Waals surface area contributed by atoms with Crippen molar-refractivity contribution in [1.29, 1.82) is 0 Å². The molecule has 4 rings (SSSR count). The van der Waals surface area contributed by atoms with Crippen molar-refractivity contribution in [2.75, 3.05) is 26.2 Å². The van der Waals surface area contributed by atoms with Crippen LogP contribution >= 0.6 is 11.3 Å². The highest BCUT2D eigenvalue weighted by atomic mass is 32.1. The molecule has 9 nitrogen and oxygen atoms in total. The summed E-state index contributed by atoms with van der Waals surface area (Å²) in [5.41, 5.74) is 1.02. The number of hydrogen-bond acceptors (Lipinski definition) is 7. The number of carbonyl (C=O) groups excluding carboxylic acids is 1. The molecule has 2 atom stereocenters. The predicted octanol–water partition coefficient (Wildman–Crippen LogP) is 3.43. The normalized spacial score (nSPS) is 21.1. The van der Waals surface area contributed by atoms with E-state index < -0.39 is 24.3 Å². The van der Waals surface area contributed by atoms with E-state index in [4.69, 9.17) is 24.5 Å². The van der Waals surface area contributed by atoms with Gasteiger partial charge in [-0.25, -0.2) is 9.59 Å². The lowest BCUT2D eigenvalue weighted by atomic mass is 9.77. The Bertz CT molecular complexity index is 1040. The number of alkyl halides is 6. The Labute approximate surface area is 216 Å². The highest BCUT2D eigenvalue weighted by molar-refractivity contribution is 7.07. The molecule has 4 heterocycles. The lowest BCUT2D eigenvalue weighted by molar-refractivity contribution is -0.193. The third-order valence-electron chi connectivity index (χ3n) is 5.68. The Hall–Kier alpha value is -3.40. The number of halogens is 6. The fourth-order valence-corrected chi connectivity index (χ4v) is 4.49. The fraction of sp³-hybridized carbons (Fsp3) is 0.455. The molecule has 1 spiro atoms. The Morgan fingerprint density at radius 3 is 2.29 bits per heavy atom. The molecule has 2 aromatic heterocycles. The maximum Gasteiger partial charge on any atom is 0.490 e. The predicted molar refractivity (Wildman–Crippen MR) is 120 cm³/mol. The number of aromatic nitrogens is 1. The number of carboxylic acid groups (broad SMARTS) is 2. The standard InChI is InChI=1S/C18H21N3O2S.2C2HF3O2/c22-17-18(4-6-21(13-18)10-14-3-7-24-12-14)15(8-20-17)11-23-16-2-1-5-19-9-16;2*3-2(4,5)1(6)7/h1-3,5,7,9,12,15H,4,6,8,10-11,13H2,(H,20,22);2*(H,6,7)/t15-,18+;;/m0../s1. The number of ether oxygens (including phenoxy) is 1. The number of aliphatic carboxylic acids is 2. The van der Waals surface area contributed by atoms with Gasteiger partial charge in [0.1, 0.15) is 5.75 Å². The van der Waals surface area contributed by atoms with E-state index in [0.717, 1.165) is 31.8 Å². The van der Waals surface area contributed by atoms with Crippen LogP contribution in [0.4, 0.5) is 26.3 Å². The number of thiophene rings is 1. The molecule has 2 fully saturated rings. The molecule has 0 aliphatic carbocycles. The number of likely N-dealkylation sites (tertiary alicyclic amines) is 1. The molecule has 0 bridgehead atoms. The van der Waals surface area contributed by atoms with Gasteiger partial charge in [-0.1, -0.05) is 0 Å². The smallest absolute Gasteiger partial charge is 0.490 e. The Morgan fingerprint density at radius 1 is 1.16 bits per heavy atom. The first-order valence-electron chi connectivity index (χ1n) is 10.8. The first-order valence-corrected chi connectivity index (χ1v) is 11.7. The fourth-order valence-electron chi connectivity index (χ4n) is 3.83. The first-order chi connectivity index (χ1) is 17.6. The maximum atomic E-state index is 12.6. The van der Waals surface area contributed by atoms with Crippen molar-refractivity contribution >= 4 is 29.2 Å². The Kier molecular flexibility index (Phi) is 10.5. The van der Waals surface area contributed by atoms with E-state index in [2.05, 4.69) is 32.0 Å². The van der Waals surface area contributed by atoms with E-state index in [-0.39, 0.29) is 17.2 Å². The number of pyridine rings is 1. The number of rotatable bonds is 5. The van der Waals surface area contributed by atoms with Crippen LogP contribution in [0.25, 0.3) is 0 Å². The van der Waals surface area contributed by atoms with Gasteiger partial charge in [0.05, 0.1) is 18.2 Å². The second-order valence-electron chi connectivity index (χ2n) is 8.26. The van der Waals surface area contributed by atoms with Crippen LogP contribution in [0.2, 0.25) is 0 Å². The molecule has 0 saturated carbocycles. The van der Waals surface area contributed by atoms with E-state index in [1.54, 1.807) is 23.7 Å². The van der Waals surface area contributed by atoms with Gasteiger partial charge in [0.2, 0.25) is 5.91 Å². The topological polar surface area (TPSA) is 129 Å². The zero-order valence-corrected chi connectivity index (χ0v) is 20.3. The zero-order valence-electron chi connectivity index (χ0n) is 19.5. The second-order valence-corrected chi connectivity index (χ2v) is 9.04. The third-order valence-corrected chi connectivity index (χ3v) is 6.41. The molecule has 2 saturated heterocycles. The van der Waals surface area contributed by atoms with Gasteiger partial charge in [-0.2, -0.15) is 37.7 Å². The molecule has 38 heavy (non-hydrogen) atoms. The summed E-state index contributed by atoms with van der Waals surface area (Å²) in [4.78, 5) is 36.8. The molecule has 2 aliphatic heterocycles. The lowest BCUT2D eigenvalue weighted by Gasteiger charge is -2.28. The molecule has 16 heteroatoms. The largest absolute Gasteiger partial charge is 0.492 e. The summed E-state index contributed by atoms with van der Waals surface area (Å²) < 4.78 is 69.4. The van der Waals surface area contributed by atoms with Crippen LogP contribution in [0, 0.1) is 11.3 Å². The maximum absolute atomic E-state index is 12.6. The summed E-state index contributed by atoms with van der Waals surface area (Å²) in [5, 5.41) is 21.6. The molecule has 0 radical (unpaired) electrons. The monoisotopic (exact) mass is 571 g/mol. The Balaban J connectivity index is 0.000000301. The average Bonchev–Trinajstić information content (AvgIpc) is 3.56. The molecule has 3 N–H and O–H groups in total. The number of nitrogens with one attached hydrogen (secondary N) is 1. The summed E-state index contributed by atoms with van der Waals surface area (Å²) in [6, 6.07) is 5.93.